The minimum atomic E-state index is -0.492. The first-order chi connectivity index (χ1) is 9.11. The number of hydrogen-bond acceptors (Lipinski definition) is 5. The Labute approximate surface area is 109 Å². The quantitative estimate of drug-likeness (QED) is 0.674. The molecule has 0 spiro atoms. The topological polar surface area (TPSA) is 85.5 Å². The summed E-state index contributed by atoms with van der Waals surface area (Å²) in [6, 6.07) is 9.76. The molecule has 0 fully saturated rings. The lowest BCUT2D eigenvalue weighted by Gasteiger charge is -2.08. The van der Waals surface area contributed by atoms with Gasteiger partial charge in [0.15, 0.2) is 0 Å². The summed E-state index contributed by atoms with van der Waals surface area (Å²) >= 11 is 0. The van der Waals surface area contributed by atoms with Crippen molar-refractivity contribution in [1.29, 1.82) is 0 Å². The molecule has 1 heterocycles. The summed E-state index contributed by atoms with van der Waals surface area (Å²) in [7, 11) is 0. The Balaban J connectivity index is 2.29. The van der Waals surface area contributed by atoms with E-state index < -0.39 is 4.92 Å². The van der Waals surface area contributed by atoms with Crippen LogP contribution >= 0.6 is 0 Å². The third-order valence-corrected chi connectivity index (χ3v) is 2.59. The second-order valence-corrected chi connectivity index (χ2v) is 3.88. The molecule has 2 rings (SSSR count). The Bertz CT molecular complexity index is 613. The fourth-order valence-electron chi connectivity index (χ4n) is 1.63. The summed E-state index contributed by atoms with van der Waals surface area (Å²) in [4.78, 5) is 14.2. The van der Waals surface area contributed by atoms with Gasteiger partial charge in [-0.2, -0.15) is 0 Å². The van der Waals surface area contributed by atoms with Crippen LogP contribution in [0.5, 0.6) is 11.6 Å². The number of aliphatic hydroxyl groups excluding tert-OH is 1. The molecule has 0 unspecified atom stereocenters. The van der Waals surface area contributed by atoms with Crippen LogP contribution in [-0.4, -0.2) is 15.0 Å². The van der Waals surface area contributed by atoms with Crippen LogP contribution in [0.3, 0.4) is 0 Å². The number of rotatable bonds is 4. The van der Waals surface area contributed by atoms with E-state index in [0.717, 1.165) is 0 Å². The van der Waals surface area contributed by atoms with E-state index in [2.05, 4.69) is 4.98 Å². The van der Waals surface area contributed by atoms with Gasteiger partial charge in [-0.1, -0.05) is 18.2 Å². The van der Waals surface area contributed by atoms with Crippen molar-refractivity contribution in [3.05, 3.63) is 57.8 Å². The van der Waals surface area contributed by atoms with Gasteiger partial charge in [0.1, 0.15) is 11.4 Å². The third kappa shape index (κ3) is 2.86. The molecule has 0 atom stereocenters. The van der Waals surface area contributed by atoms with Gasteiger partial charge in [-0.05, 0) is 13.0 Å². The maximum atomic E-state index is 10.7. The zero-order chi connectivity index (χ0) is 13.8. The number of aromatic nitrogens is 1. The van der Waals surface area contributed by atoms with Gasteiger partial charge in [0, 0.05) is 17.7 Å². The summed E-state index contributed by atoms with van der Waals surface area (Å²) in [5.41, 5.74) is 0.854. The van der Waals surface area contributed by atoms with E-state index in [1.807, 2.05) is 0 Å². The molecular formula is C13H12N2O4. The summed E-state index contributed by atoms with van der Waals surface area (Å²) in [5.74, 6) is 0.731. The molecule has 98 valence electrons. The van der Waals surface area contributed by atoms with Gasteiger partial charge in [0.25, 0.3) is 5.69 Å². The molecule has 6 nitrogen and oxygen atoms in total. The van der Waals surface area contributed by atoms with Crippen molar-refractivity contribution >= 4 is 5.69 Å². The normalized spacial score (nSPS) is 10.2. The van der Waals surface area contributed by atoms with Crippen molar-refractivity contribution in [1.82, 2.24) is 4.98 Å². The Morgan fingerprint density at radius 3 is 2.68 bits per heavy atom. The van der Waals surface area contributed by atoms with Gasteiger partial charge in [-0.15, -0.1) is 0 Å². The smallest absolute Gasteiger partial charge is 0.290 e. The number of aliphatic hydroxyl groups is 1. The molecule has 0 bridgehead atoms. The SMILES string of the molecule is Cc1nc(Oc2ccccc2CO)ccc1[N+](=O)[O-]. The Kier molecular flexibility index (Phi) is 3.72. The summed E-state index contributed by atoms with van der Waals surface area (Å²) < 4.78 is 5.52. The molecule has 0 aliphatic heterocycles. The lowest BCUT2D eigenvalue weighted by Crippen LogP contribution is -1.97. The first-order valence-corrected chi connectivity index (χ1v) is 5.60. The zero-order valence-corrected chi connectivity index (χ0v) is 10.2. The van der Waals surface area contributed by atoms with Gasteiger partial charge in [0.05, 0.1) is 11.5 Å². The molecular weight excluding hydrogens is 248 g/mol. The maximum Gasteiger partial charge on any atom is 0.290 e. The number of ether oxygens (including phenoxy) is 1. The molecule has 0 radical (unpaired) electrons. The van der Waals surface area contributed by atoms with E-state index >= 15 is 0 Å². The number of para-hydroxylation sites is 1. The van der Waals surface area contributed by atoms with Crippen LogP contribution < -0.4 is 4.74 Å². The number of benzene rings is 1. The molecule has 0 amide bonds. The van der Waals surface area contributed by atoms with E-state index in [9.17, 15) is 15.2 Å². The highest BCUT2D eigenvalue weighted by atomic mass is 16.6. The Morgan fingerprint density at radius 2 is 2.05 bits per heavy atom. The molecule has 19 heavy (non-hydrogen) atoms. The molecule has 1 aromatic heterocycles. The van der Waals surface area contributed by atoms with Crippen LogP contribution in [-0.2, 0) is 6.61 Å². The number of aryl methyl sites for hydroxylation is 1. The van der Waals surface area contributed by atoms with Crippen LogP contribution in [0.2, 0.25) is 0 Å². The van der Waals surface area contributed by atoms with E-state index in [1.165, 1.54) is 12.1 Å². The zero-order valence-electron chi connectivity index (χ0n) is 10.2. The standard InChI is InChI=1S/C13H12N2O4/c1-9-11(15(17)18)6-7-13(14-9)19-12-5-3-2-4-10(12)8-16/h2-7,16H,8H2,1H3. The average Bonchev–Trinajstić information content (AvgIpc) is 2.39. The van der Waals surface area contributed by atoms with Crippen LogP contribution in [0.1, 0.15) is 11.3 Å². The third-order valence-electron chi connectivity index (χ3n) is 2.59. The van der Waals surface area contributed by atoms with Crippen molar-refractivity contribution in [2.75, 3.05) is 0 Å². The van der Waals surface area contributed by atoms with Crippen molar-refractivity contribution in [2.24, 2.45) is 0 Å². The minimum Gasteiger partial charge on any atom is -0.439 e. The fraction of sp³-hybridized carbons (Fsp3) is 0.154. The summed E-state index contributed by atoms with van der Waals surface area (Å²) in [6.45, 7) is 1.39. The van der Waals surface area contributed by atoms with Crippen LogP contribution in [0.25, 0.3) is 0 Å². The minimum absolute atomic E-state index is 0.0530. The highest BCUT2D eigenvalue weighted by Crippen LogP contribution is 2.26. The average molecular weight is 260 g/mol. The number of hydrogen-bond donors (Lipinski definition) is 1. The van der Waals surface area contributed by atoms with Crippen LogP contribution in [0.15, 0.2) is 36.4 Å². The predicted octanol–water partition coefficient (Wildman–Crippen LogP) is 2.58. The Hall–Kier alpha value is -2.47. The first kappa shape index (κ1) is 13.0. The molecule has 0 aliphatic rings. The largest absolute Gasteiger partial charge is 0.439 e. The first-order valence-electron chi connectivity index (χ1n) is 5.60. The lowest BCUT2D eigenvalue weighted by atomic mass is 10.2. The number of nitro groups is 1. The maximum absolute atomic E-state index is 10.7. The van der Waals surface area contributed by atoms with Crippen molar-refractivity contribution in [3.8, 4) is 11.6 Å². The van der Waals surface area contributed by atoms with Crippen LogP contribution in [0, 0.1) is 17.0 Å². The fourth-order valence-corrected chi connectivity index (χ4v) is 1.63. The van der Waals surface area contributed by atoms with Gasteiger partial charge < -0.3 is 9.84 Å². The van der Waals surface area contributed by atoms with Gasteiger partial charge >= 0.3 is 0 Å². The van der Waals surface area contributed by atoms with Gasteiger partial charge in [0.2, 0.25) is 5.88 Å². The second kappa shape index (κ2) is 5.45. The molecule has 6 heteroatoms. The molecule has 1 aromatic carbocycles. The molecule has 2 aromatic rings. The second-order valence-electron chi connectivity index (χ2n) is 3.88. The lowest BCUT2D eigenvalue weighted by molar-refractivity contribution is -0.385. The molecule has 1 N–H and O–H groups in total. The van der Waals surface area contributed by atoms with E-state index in [0.29, 0.717) is 11.3 Å². The highest BCUT2D eigenvalue weighted by molar-refractivity contribution is 5.40. The van der Waals surface area contributed by atoms with Crippen molar-refractivity contribution in [2.45, 2.75) is 13.5 Å². The van der Waals surface area contributed by atoms with Crippen LogP contribution in [0.4, 0.5) is 5.69 Å². The highest BCUT2D eigenvalue weighted by Gasteiger charge is 2.13. The molecule has 0 saturated carbocycles. The van der Waals surface area contributed by atoms with Crippen molar-refractivity contribution in [3.63, 3.8) is 0 Å². The van der Waals surface area contributed by atoms with E-state index in [4.69, 9.17) is 4.74 Å². The molecule has 0 saturated heterocycles. The van der Waals surface area contributed by atoms with Crippen molar-refractivity contribution < 1.29 is 14.8 Å². The monoisotopic (exact) mass is 260 g/mol. The van der Waals surface area contributed by atoms with E-state index in [-0.39, 0.29) is 23.9 Å². The predicted molar refractivity (Wildman–Crippen MR) is 68.1 cm³/mol. The Morgan fingerprint density at radius 1 is 1.32 bits per heavy atom. The van der Waals surface area contributed by atoms with E-state index in [1.54, 1.807) is 31.2 Å². The number of nitrogens with zero attached hydrogens (tertiary/aromatic N) is 2. The summed E-state index contributed by atoms with van der Waals surface area (Å²) in [6.07, 6.45) is 0. The van der Waals surface area contributed by atoms with Gasteiger partial charge in [-0.25, -0.2) is 4.98 Å². The van der Waals surface area contributed by atoms with Gasteiger partial charge in [-0.3, -0.25) is 10.1 Å². The number of pyridine rings is 1. The summed E-state index contributed by atoms with van der Waals surface area (Å²) in [5, 5.41) is 19.9. The molecule has 0 aliphatic carbocycles.